The summed E-state index contributed by atoms with van der Waals surface area (Å²) in [6.45, 7) is 1.77. The summed E-state index contributed by atoms with van der Waals surface area (Å²) in [6, 6.07) is 16.0. The SMILES string of the molecule is Cc1ccc(NC2=C(c3ccc([N+](=O)[O-])cc3)C(=O)N(Cc3ccc(F)cc3)C2=O)cc1Cl. The minimum absolute atomic E-state index is 0.0240. The zero-order valence-corrected chi connectivity index (χ0v) is 18.1. The van der Waals surface area contributed by atoms with Gasteiger partial charge in [-0.1, -0.05) is 29.8 Å². The number of nitro groups is 1. The molecule has 1 aliphatic rings. The van der Waals surface area contributed by atoms with E-state index in [-0.39, 0.29) is 23.5 Å². The smallest absolute Gasteiger partial charge is 0.278 e. The molecule has 2 amide bonds. The molecular weight excluding hydrogens is 449 g/mol. The lowest BCUT2D eigenvalue weighted by Crippen LogP contribution is -2.32. The van der Waals surface area contributed by atoms with Crippen molar-refractivity contribution in [3.05, 3.63) is 110 Å². The molecular formula is C24H17ClFN3O4. The number of halogens is 2. The maximum atomic E-state index is 13.3. The molecule has 1 aliphatic heterocycles. The number of rotatable bonds is 6. The molecule has 0 aromatic heterocycles. The van der Waals surface area contributed by atoms with Crippen LogP contribution >= 0.6 is 11.6 Å². The molecule has 166 valence electrons. The molecule has 0 atom stereocenters. The monoisotopic (exact) mass is 465 g/mol. The van der Waals surface area contributed by atoms with Gasteiger partial charge >= 0.3 is 0 Å². The highest BCUT2D eigenvalue weighted by Crippen LogP contribution is 2.33. The minimum Gasteiger partial charge on any atom is -0.350 e. The summed E-state index contributed by atoms with van der Waals surface area (Å²) in [5.74, 6) is -1.57. The van der Waals surface area contributed by atoms with Crippen LogP contribution in [0.4, 0.5) is 15.8 Å². The van der Waals surface area contributed by atoms with Crippen molar-refractivity contribution < 1.29 is 18.9 Å². The van der Waals surface area contributed by atoms with Crippen molar-refractivity contribution in [3.8, 4) is 0 Å². The van der Waals surface area contributed by atoms with E-state index in [1.807, 2.05) is 6.92 Å². The molecule has 0 spiro atoms. The Bertz CT molecular complexity index is 1300. The third-order valence-corrected chi connectivity index (χ3v) is 5.64. The van der Waals surface area contributed by atoms with Gasteiger partial charge in [0.2, 0.25) is 0 Å². The maximum Gasteiger partial charge on any atom is 0.278 e. The van der Waals surface area contributed by atoms with Crippen molar-refractivity contribution in [2.75, 3.05) is 5.32 Å². The van der Waals surface area contributed by atoms with E-state index in [9.17, 15) is 24.1 Å². The fraction of sp³-hybridized carbons (Fsp3) is 0.0833. The summed E-state index contributed by atoms with van der Waals surface area (Å²) in [5, 5.41) is 14.5. The number of imide groups is 1. The van der Waals surface area contributed by atoms with Gasteiger partial charge in [-0.2, -0.15) is 0 Å². The van der Waals surface area contributed by atoms with Gasteiger partial charge in [0.1, 0.15) is 11.5 Å². The highest BCUT2D eigenvalue weighted by Gasteiger charge is 2.39. The fourth-order valence-corrected chi connectivity index (χ4v) is 3.62. The Morgan fingerprint density at radius 1 is 1.00 bits per heavy atom. The van der Waals surface area contributed by atoms with Gasteiger partial charge in [0.25, 0.3) is 17.5 Å². The van der Waals surface area contributed by atoms with Gasteiger partial charge in [-0.25, -0.2) is 4.39 Å². The Morgan fingerprint density at radius 3 is 2.27 bits per heavy atom. The lowest BCUT2D eigenvalue weighted by molar-refractivity contribution is -0.384. The number of hydrogen-bond acceptors (Lipinski definition) is 5. The molecule has 0 bridgehead atoms. The molecule has 0 radical (unpaired) electrons. The Kier molecular flexibility index (Phi) is 5.93. The van der Waals surface area contributed by atoms with Crippen molar-refractivity contribution in [1.29, 1.82) is 0 Å². The molecule has 4 rings (SSSR count). The third-order valence-electron chi connectivity index (χ3n) is 5.23. The second-order valence-electron chi connectivity index (χ2n) is 7.47. The number of hydrogen-bond donors (Lipinski definition) is 1. The molecule has 1 heterocycles. The number of aryl methyl sites for hydroxylation is 1. The summed E-state index contributed by atoms with van der Waals surface area (Å²) in [6.07, 6.45) is 0. The van der Waals surface area contributed by atoms with Gasteiger partial charge < -0.3 is 5.32 Å². The summed E-state index contributed by atoms with van der Waals surface area (Å²) in [7, 11) is 0. The summed E-state index contributed by atoms with van der Waals surface area (Å²) < 4.78 is 13.3. The molecule has 3 aromatic rings. The molecule has 0 fully saturated rings. The van der Waals surface area contributed by atoms with E-state index in [1.165, 1.54) is 48.5 Å². The number of carbonyl (C=O) groups is 2. The van der Waals surface area contributed by atoms with E-state index in [0.29, 0.717) is 21.8 Å². The lowest BCUT2D eigenvalue weighted by Gasteiger charge is -2.15. The average molecular weight is 466 g/mol. The number of benzene rings is 3. The first-order valence-electron chi connectivity index (χ1n) is 9.87. The number of amides is 2. The zero-order valence-electron chi connectivity index (χ0n) is 17.3. The molecule has 0 aliphatic carbocycles. The predicted molar refractivity (Wildman–Crippen MR) is 122 cm³/mol. The first-order valence-corrected chi connectivity index (χ1v) is 10.3. The number of nitro benzene ring substituents is 1. The average Bonchev–Trinajstić information content (AvgIpc) is 3.02. The summed E-state index contributed by atoms with van der Waals surface area (Å²) >= 11 is 6.20. The van der Waals surface area contributed by atoms with Crippen LogP contribution in [-0.4, -0.2) is 21.6 Å². The molecule has 1 N–H and O–H groups in total. The van der Waals surface area contributed by atoms with E-state index in [1.54, 1.807) is 18.2 Å². The second kappa shape index (κ2) is 8.84. The molecule has 0 saturated carbocycles. The fourth-order valence-electron chi connectivity index (χ4n) is 3.44. The first-order chi connectivity index (χ1) is 15.7. The van der Waals surface area contributed by atoms with E-state index in [4.69, 9.17) is 11.6 Å². The van der Waals surface area contributed by atoms with Gasteiger partial charge in [-0.15, -0.1) is 0 Å². The predicted octanol–water partition coefficient (Wildman–Crippen LogP) is 5.09. The van der Waals surface area contributed by atoms with Crippen molar-refractivity contribution in [2.45, 2.75) is 13.5 Å². The van der Waals surface area contributed by atoms with Crippen LogP contribution in [0.25, 0.3) is 5.57 Å². The minimum atomic E-state index is -0.575. The van der Waals surface area contributed by atoms with E-state index in [2.05, 4.69) is 5.32 Å². The van der Waals surface area contributed by atoms with Crippen LogP contribution < -0.4 is 5.32 Å². The van der Waals surface area contributed by atoms with Crippen LogP contribution in [0.1, 0.15) is 16.7 Å². The number of carbonyl (C=O) groups excluding carboxylic acids is 2. The van der Waals surface area contributed by atoms with E-state index >= 15 is 0 Å². The Balaban J connectivity index is 1.75. The topological polar surface area (TPSA) is 92.6 Å². The standard InChI is InChI=1S/C24H17ClFN3O4/c1-14-2-9-18(12-20(14)25)27-22-21(16-5-10-19(11-6-16)29(32)33)23(30)28(24(22)31)13-15-3-7-17(26)8-4-15/h2-12,27H,13H2,1H3. The molecule has 0 unspecified atom stereocenters. The van der Waals surface area contributed by atoms with Gasteiger partial charge in [-0.05, 0) is 60.0 Å². The van der Waals surface area contributed by atoms with E-state index < -0.39 is 22.6 Å². The van der Waals surface area contributed by atoms with Gasteiger partial charge in [0.15, 0.2) is 0 Å². The molecule has 9 heteroatoms. The largest absolute Gasteiger partial charge is 0.350 e. The van der Waals surface area contributed by atoms with Gasteiger partial charge in [0, 0.05) is 22.8 Å². The molecule has 7 nitrogen and oxygen atoms in total. The normalized spacial score (nSPS) is 13.6. The van der Waals surface area contributed by atoms with Crippen molar-refractivity contribution in [1.82, 2.24) is 4.90 Å². The van der Waals surface area contributed by atoms with Crippen LogP contribution in [0.2, 0.25) is 5.02 Å². The highest BCUT2D eigenvalue weighted by molar-refractivity contribution is 6.36. The van der Waals surface area contributed by atoms with Gasteiger partial charge in [0.05, 0.1) is 17.0 Å². The Labute approximate surface area is 193 Å². The molecule has 0 saturated heterocycles. The Morgan fingerprint density at radius 2 is 1.67 bits per heavy atom. The lowest BCUT2D eigenvalue weighted by atomic mass is 10.0. The Hall–Kier alpha value is -4.04. The van der Waals surface area contributed by atoms with E-state index in [0.717, 1.165) is 10.5 Å². The van der Waals surface area contributed by atoms with Crippen molar-refractivity contribution in [2.24, 2.45) is 0 Å². The first kappa shape index (κ1) is 22.2. The number of nitrogens with zero attached hydrogens (tertiary/aromatic N) is 2. The molecule has 3 aromatic carbocycles. The van der Waals surface area contributed by atoms with Crippen LogP contribution in [0, 0.1) is 22.9 Å². The van der Waals surface area contributed by atoms with Crippen LogP contribution in [0.5, 0.6) is 0 Å². The highest BCUT2D eigenvalue weighted by atomic mass is 35.5. The number of anilines is 1. The van der Waals surface area contributed by atoms with Gasteiger partial charge in [-0.3, -0.25) is 24.6 Å². The van der Waals surface area contributed by atoms with Crippen molar-refractivity contribution in [3.63, 3.8) is 0 Å². The zero-order chi connectivity index (χ0) is 23.7. The van der Waals surface area contributed by atoms with Crippen LogP contribution in [0.15, 0.2) is 72.4 Å². The van der Waals surface area contributed by atoms with Crippen molar-refractivity contribution >= 4 is 40.4 Å². The third kappa shape index (κ3) is 4.47. The van der Waals surface area contributed by atoms with Crippen LogP contribution in [-0.2, 0) is 16.1 Å². The summed E-state index contributed by atoms with van der Waals surface area (Å²) in [5.41, 5.74) is 2.23. The number of non-ortho nitro benzene ring substituents is 1. The number of nitrogens with one attached hydrogen (secondary N) is 1. The quantitative estimate of drug-likeness (QED) is 0.311. The molecule has 33 heavy (non-hydrogen) atoms. The second-order valence-corrected chi connectivity index (χ2v) is 7.87. The maximum absolute atomic E-state index is 13.3. The van der Waals surface area contributed by atoms with Crippen LogP contribution in [0.3, 0.4) is 0 Å². The summed E-state index contributed by atoms with van der Waals surface area (Å²) in [4.78, 5) is 38.1.